The van der Waals surface area contributed by atoms with Gasteiger partial charge < -0.3 is 9.84 Å². The monoisotopic (exact) mass is 170 g/mol. The quantitative estimate of drug-likeness (QED) is 0.736. The standard InChI is InChI=1S/C9H11FO2/c1-3-6-4-7(10)9(12-2)8(11)5-6/h4-5,11H,3H2,1-2H3. The van der Waals surface area contributed by atoms with Crippen LogP contribution in [0.3, 0.4) is 0 Å². The molecule has 0 bridgehead atoms. The average Bonchev–Trinajstić information content (AvgIpc) is 2.03. The normalized spacial score (nSPS) is 9.92. The van der Waals surface area contributed by atoms with Crippen LogP contribution in [0, 0.1) is 5.82 Å². The van der Waals surface area contributed by atoms with Crippen LogP contribution in [-0.2, 0) is 6.42 Å². The molecule has 1 aromatic rings. The van der Waals surface area contributed by atoms with Crippen LogP contribution in [0.15, 0.2) is 12.1 Å². The Kier molecular flexibility index (Phi) is 2.53. The second-order valence-electron chi connectivity index (χ2n) is 2.48. The van der Waals surface area contributed by atoms with E-state index in [1.807, 2.05) is 6.92 Å². The Balaban J connectivity index is 3.18. The number of halogens is 1. The van der Waals surface area contributed by atoms with Crippen LogP contribution in [0.4, 0.5) is 4.39 Å². The van der Waals surface area contributed by atoms with E-state index in [2.05, 4.69) is 4.74 Å². The molecule has 2 nitrogen and oxygen atoms in total. The molecular formula is C9H11FO2. The maximum atomic E-state index is 13.0. The van der Waals surface area contributed by atoms with E-state index in [1.165, 1.54) is 19.2 Å². The van der Waals surface area contributed by atoms with Crippen molar-refractivity contribution >= 4 is 0 Å². The number of methoxy groups -OCH3 is 1. The van der Waals surface area contributed by atoms with Crippen molar-refractivity contribution < 1.29 is 14.2 Å². The summed E-state index contributed by atoms with van der Waals surface area (Å²) in [6.45, 7) is 1.89. The summed E-state index contributed by atoms with van der Waals surface area (Å²) in [7, 11) is 1.32. The lowest BCUT2D eigenvalue weighted by Gasteiger charge is -2.05. The molecular weight excluding hydrogens is 159 g/mol. The number of benzene rings is 1. The number of phenolic OH excluding ortho intramolecular Hbond substituents is 1. The highest BCUT2D eigenvalue weighted by atomic mass is 19.1. The zero-order valence-corrected chi connectivity index (χ0v) is 7.10. The van der Waals surface area contributed by atoms with Gasteiger partial charge in [0.1, 0.15) is 0 Å². The van der Waals surface area contributed by atoms with Crippen LogP contribution >= 0.6 is 0 Å². The van der Waals surface area contributed by atoms with Gasteiger partial charge in [0.15, 0.2) is 17.3 Å². The predicted octanol–water partition coefficient (Wildman–Crippen LogP) is 2.10. The molecule has 12 heavy (non-hydrogen) atoms. The van der Waals surface area contributed by atoms with Crippen molar-refractivity contribution in [2.45, 2.75) is 13.3 Å². The summed E-state index contributed by atoms with van der Waals surface area (Å²) < 4.78 is 17.7. The third kappa shape index (κ3) is 1.49. The van der Waals surface area contributed by atoms with Gasteiger partial charge in [-0.25, -0.2) is 4.39 Å². The Morgan fingerprint density at radius 3 is 2.58 bits per heavy atom. The van der Waals surface area contributed by atoms with Crippen LogP contribution < -0.4 is 4.74 Å². The fraction of sp³-hybridized carbons (Fsp3) is 0.333. The maximum Gasteiger partial charge on any atom is 0.196 e. The molecule has 0 atom stereocenters. The second kappa shape index (κ2) is 3.43. The first-order valence-electron chi connectivity index (χ1n) is 3.74. The summed E-state index contributed by atoms with van der Waals surface area (Å²) in [6, 6.07) is 2.86. The van der Waals surface area contributed by atoms with Crippen molar-refractivity contribution in [1.82, 2.24) is 0 Å². The average molecular weight is 170 g/mol. The van der Waals surface area contributed by atoms with E-state index in [0.717, 1.165) is 5.56 Å². The number of aryl methyl sites for hydroxylation is 1. The highest BCUT2D eigenvalue weighted by Gasteiger charge is 2.09. The highest BCUT2D eigenvalue weighted by Crippen LogP contribution is 2.30. The summed E-state index contributed by atoms with van der Waals surface area (Å²) in [5, 5.41) is 9.24. The van der Waals surface area contributed by atoms with Crippen molar-refractivity contribution in [3.8, 4) is 11.5 Å². The van der Waals surface area contributed by atoms with Crippen molar-refractivity contribution in [3.05, 3.63) is 23.5 Å². The van der Waals surface area contributed by atoms with Gasteiger partial charge in [0.2, 0.25) is 0 Å². The summed E-state index contributed by atoms with van der Waals surface area (Å²) in [4.78, 5) is 0. The smallest absolute Gasteiger partial charge is 0.196 e. The first kappa shape index (κ1) is 8.84. The Hall–Kier alpha value is -1.25. The molecule has 1 aromatic carbocycles. The molecule has 0 aliphatic rings. The molecule has 3 heteroatoms. The van der Waals surface area contributed by atoms with Crippen molar-refractivity contribution in [1.29, 1.82) is 0 Å². The zero-order chi connectivity index (χ0) is 9.14. The van der Waals surface area contributed by atoms with Crippen molar-refractivity contribution in [2.24, 2.45) is 0 Å². The SMILES string of the molecule is CCc1cc(O)c(OC)c(F)c1. The molecule has 0 aliphatic heterocycles. The number of hydrogen-bond donors (Lipinski definition) is 1. The molecule has 0 radical (unpaired) electrons. The van der Waals surface area contributed by atoms with E-state index in [0.29, 0.717) is 6.42 Å². The van der Waals surface area contributed by atoms with Gasteiger partial charge in [0.05, 0.1) is 7.11 Å². The number of aromatic hydroxyl groups is 1. The molecule has 0 amide bonds. The third-order valence-electron chi connectivity index (χ3n) is 1.70. The van der Waals surface area contributed by atoms with Crippen molar-refractivity contribution in [2.75, 3.05) is 7.11 Å². The molecule has 0 saturated carbocycles. The van der Waals surface area contributed by atoms with E-state index < -0.39 is 5.82 Å². The minimum absolute atomic E-state index is 0.0906. The Labute approximate surface area is 70.6 Å². The molecule has 0 heterocycles. The van der Waals surface area contributed by atoms with Gasteiger partial charge in [-0.3, -0.25) is 0 Å². The van der Waals surface area contributed by atoms with Crippen LogP contribution in [0.1, 0.15) is 12.5 Å². The van der Waals surface area contributed by atoms with E-state index in [-0.39, 0.29) is 11.5 Å². The van der Waals surface area contributed by atoms with Gasteiger partial charge in [-0.05, 0) is 24.1 Å². The minimum atomic E-state index is -0.519. The van der Waals surface area contributed by atoms with E-state index >= 15 is 0 Å². The molecule has 0 aliphatic carbocycles. The van der Waals surface area contributed by atoms with E-state index in [1.54, 1.807) is 0 Å². The second-order valence-corrected chi connectivity index (χ2v) is 2.48. The van der Waals surface area contributed by atoms with Gasteiger partial charge in [-0.1, -0.05) is 6.92 Å². The Bertz CT molecular complexity index is 261. The van der Waals surface area contributed by atoms with Crippen LogP contribution in [0.5, 0.6) is 11.5 Å². The summed E-state index contributed by atoms with van der Waals surface area (Å²) in [5.74, 6) is -0.754. The van der Waals surface area contributed by atoms with Crippen LogP contribution in [0.2, 0.25) is 0 Å². The topological polar surface area (TPSA) is 29.5 Å². The molecule has 0 aromatic heterocycles. The molecule has 0 saturated heterocycles. The van der Waals surface area contributed by atoms with Gasteiger partial charge in [0.25, 0.3) is 0 Å². The molecule has 0 spiro atoms. The van der Waals surface area contributed by atoms with Gasteiger partial charge in [0, 0.05) is 0 Å². The first-order chi connectivity index (χ1) is 5.69. The lowest BCUT2D eigenvalue weighted by atomic mass is 10.1. The van der Waals surface area contributed by atoms with Gasteiger partial charge >= 0.3 is 0 Å². The zero-order valence-electron chi connectivity index (χ0n) is 7.10. The summed E-state index contributed by atoms with van der Waals surface area (Å²) in [6.07, 6.45) is 0.689. The Morgan fingerprint density at radius 1 is 1.50 bits per heavy atom. The van der Waals surface area contributed by atoms with Crippen molar-refractivity contribution in [3.63, 3.8) is 0 Å². The van der Waals surface area contributed by atoms with Gasteiger partial charge in [-0.2, -0.15) is 0 Å². The fourth-order valence-corrected chi connectivity index (χ4v) is 1.04. The first-order valence-corrected chi connectivity index (χ1v) is 3.74. The number of rotatable bonds is 2. The maximum absolute atomic E-state index is 13.0. The minimum Gasteiger partial charge on any atom is -0.504 e. The number of ether oxygens (including phenoxy) is 1. The Morgan fingerprint density at radius 2 is 2.17 bits per heavy atom. The number of phenols is 1. The molecule has 1 N–H and O–H groups in total. The van der Waals surface area contributed by atoms with E-state index in [4.69, 9.17) is 0 Å². The predicted molar refractivity (Wildman–Crippen MR) is 44.0 cm³/mol. The third-order valence-corrected chi connectivity index (χ3v) is 1.70. The molecule has 1 rings (SSSR count). The lowest BCUT2D eigenvalue weighted by molar-refractivity contribution is 0.350. The largest absolute Gasteiger partial charge is 0.504 e. The number of hydrogen-bond acceptors (Lipinski definition) is 2. The molecule has 66 valence electrons. The van der Waals surface area contributed by atoms with Gasteiger partial charge in [-0.15, -0.1) is 0 Å². The van der Waals surface area contributed by atoms with E-state index in [9.17, 15) is 9.50 Å². The highest BCUT2D eigenvalue weighted by molar-refractivity contribution is 5.43. The lowest BCUT2D eigenvalue weighted by Crippen LogP contribution is -1.91. The van der Waals surface area contributed by atoms with Crippen LogP contribution in [0.25, 0.3) is 0 Å². The molecule has 0 unspecified atom stereocenters. The molecule has 0 fully saturated rings. The summed E-state index contributed by atoms with van der Waals surface area (Å²) in [5.41, 5.74) is 0.755. The fourth-order valence-electron chi connectivity index (χ4n) is 1.04. The summed E-state index contributed by atoms with van der Waals surface area (Å²) >= 11 is 0. The van der Waals surface area contributed by atoms with Crippen LogP contribution in [-0.4, -0.2) is 12.2 Å².